The van der Waals surface area contributed by atoms with Crippen LogP contribution in [0.5, 0.6) is 11.5 Å². The molecule has 8 heteroatoms. The van der Waals surface area contributed by atoms with Crippen molar-refractivity contribution in [1.29, 1.82) is 0 Å². The molecule has 0 amide bonds. The Hall–Kier alpha value is -6.41. The van der Waals surface area contributed by atoms with Crippen molar-refractivity contribution >= 4 is 40.6 Å². The van der Waals surface area contributed by atoms with Crippen LogP contribution < -0.4 is 14.4 Å². The molecule has 52 heavy (non-hydrogen) atoms. The molecule has 264 valence electrons. The molecular formula is C44H40FNO6. The molecule has 0 aliphatic carbocycles. The van der Waals surface area contributed by atoms with Crippen LogP contribution >= 0.6 is 0 Å². The minimum absolute atomic E-state index is 0.0546. The summed E-state index contributed by atoms with van der Waals surface area (Å²) in [5.74, 6) is -0.392. The van der Waals surface area contributed by atoms with Gasteiger partial charge in [0.15, 0.2) is 0 Å². The van der Waals surface area contributed by atoms with Crippen LogP contribution in [0.1, 0.15) is 27.8 Å². The number of nitrogens with zero attached hydrogens (tertiary/aromatic N) is 1. The van der Waals surface area contributed by atoms with Crippen molar-refractivity contribution in [3.05, 3.63) is 174 Å². The highest BCUT2D eigenvalue weighted by Crippen LogP contribution is 2.37. The molecule has 0 aliphatic rings. The molecule has 0 N–H and O–H groups in total. The Morgan fingerprint density at radius 1 is 0.615 bits per heavy atom. The monoisotopic (exact) mass is 697 g/mol. The summed E-state index contributed by atoms with van der Waals surface area (Å²) in [4.78, 5) is 24.9. The zero-order valence-electron chi connectivity index (χ0n) is 29.2. The van der Waals surface area contributed by atoms with Crippen LogP contribution in [0.4, 0.5) is 21.5 Å². The van der Waals surface area contributed by atoms with Gasteiger partial charge in [0.1, 0.15) is 43.7 Å². The molecule has 0 atom stereocenters. The number of carbonyl (C=O) groups is 2. The lowest BCUT2D eigenvalue weighted by atomic mass is 9.95. The average Bonchev–Trinajstić information content (AvgIpc) is 3.16. The number of ether oxygens (including phenoxy) is 4. The largest absolute Gasteiger partial charge is 0.490 e. The molecule has 0 aromatic heterocycles. The van der Waals surface area contributed by atoms with Crippen molar-refractivity contribution in [3.63, 3.8) is 0 Å². The van der Waals surface area contributed by atoms with Gasteiger partial charge in [-0.05, 0) is 103 Å². The van der Waals surface area contributed by atoms with E-state index in [-0.39, 0.29) is 26.4 Å². The van der Waals surface area contributed by atoms with Gasteiger partial charge in [0.25, 0.3) is 0 Å². The van der Waals surface area contributed by atoms with Crippen molar-refractivity contribution in [2.45, 2.75) is 13.8 Å². The second kappa shape index (κ2) is 18.0. The first-order valence-corrected chi connectivity index (χ1v) is 16.7. The Bertz CT molecular complexity index is 1930. The van der Waals surface area contributed by atoms with Crippen LogP contribution in [-0.2, 0) is 19.1 Å². The van der Waals surface area contributed by atoms with E-state index < -0.39 is 17.8 Å². The number of rotatable bonds is 16. The van der Waals surface area contributed by atoms with Gasteiger partial charge in [-0.15, -0.1) is 0 Å². The van der Waals surface area contributed by atoms with Gasteiger partial charge in [-0.2, -0.15) is 0 Å². The minimum atomic E-state index is -0.530. The summed E-state index contributed by atoms with van der Waals surface area (Å²) in [5.41, 5.74) is 7.32. The lowest BCUT2D eigenvalue weighted by Gasteiger charge is -2.26. The summed E-state index contributed by atoms with van der Waals surface area (Å²) in [5, 5.41) is 0. The zero-order chi connectivity index (χ0) is 36.9. The Labute approximate surface area is 303 Å². The van der Waals surface area contributed by atoms with E-state index >= 15 is 4.39 Å². The van der Waals surface area contributed by atoms with Crippen LogP contribution in [0.2, 0.25) is 0 Å². The SMILES string of the molecule is C=CC(=O)OCCOc1cccc(C(=Cc2ccc(N(c3ccc(C)cc3)c3ccc(C)cc3)cc2F)c2cccc(OCCOC(=O)C=C)c2)c1. The fourth-order valence-corrected chi connectivity index (χ4v) is 5.32. The van der Waals surface area contributed by atoms with Gasteiger partial charge >= 0.3 is 11.9 Å². The van der Waals surface area contributed by atoms with Gasteiger partial charge < -0.3 is 23.8 Å². The first kappa shape index (κ1) is 36.9. The number of aryl methyl sites for hydroxylation is 2. The number of hydrogen-bond acceptors (Lipinski definition) is 7. The predicted octanol–water partition coefficient (Wildman–Crippen LogP) is 9.72. The maximum absolute atomic E-state index is 16.3. The zero-order valence-corrected chi connectivity index (χ0v) is 29.2. The molecule has 5 aromatic rings. The van der Waals surface area contributed by atoms with Crippen LogP contribution in [0.25, 0.3) is 11.6 Å². The quantitative estimate of drug-likeness (QED) is 0.0440. The van der Waals surface area contributed by atoms with E-state index in [1.54, 1.807) is 24.3 Å². The van der Waals surface area contributed by atoms with Gasteiger partial charge in [0.2, 0.25) is 0 Å². The van der Waals surface area contributed by atoms with E-state index in [0.29, 0.717) is 28.3 Å². The third-order valence-corrected chi connectivity index (χ3v) is 7.94. The van der Waals surface area contributed by atoms with E-state index in [2.05, 4.69) is 13.2 Å². The number of halogens is 1. The molecule has 0 aliphatic heterocycles. The van der Waals surface area contributed by atoms with Crippen LogP contribution in [-0.4, -0.2) is 38.4 Å². The summed E-state index contributed by atoms with van der Waals surface area (Å²) in [6.07, 6.45) is 3.98. The highest BCUT2D eigenvalue weighted by molar-refractivity contribution is 5.92. The normalized spacial score (nSPS) is 10.4. The Balaban J connectivity index is 1.51. The maximum Gasteiger partial charge on any atom is 0.330 e. The molecule has 0 saturated carbocycles. The second-order valence-corrected chi connectivity index (χ2v) is 11.8. The smallest absolute Gasteiger partial charge is 0.330 e. The number of esters is 2. The van der Waals surface area contributed by atoms with E-state index in [4.69, 9.17) is 18.9 Å². The predicted molar refractivity (Wildman–Crippen MR) is 204 cm³/mol. The van der Waals surface area contributed by atoms with E-state index in [1.807, 2.05) is 110 Å². The van der Waals surface area contributed by atoms with Crippen molar-refractivity contribution in [1.82, 2.24) is 0 Å². The summed E-state index contributed by atoms with van der Waals surface area (Å²) in [7, 11) is 0. The van der Waals surface area contributed by atoms with Crippen molar-refractivity contribution in [3.8, 4) is 11.5 Å². The van der Waals surface area contributed by atoms with E-state index in [1.165, 1.54) is 6.07 Å². The van der Waals surface area contributed by atoms with Gasteiger partial charge in [0, 0.05) is 34.8 Å². The third-order valence-electron chi connectivity index (χ3n) is 7.94. The van der Waals surface area contributed by atoms with Gasteiger partial charge in [-0.1, -0.05) is 72.8 Å². The molecule has 0 heterocycles. The summed E-state index contributed by atoms with van der Waals surface area (Å²) < 4.78 is 38.1. The first-order chi connectivity index (χ1) is 25.2. The Morgan fingerprint density at radius 3 is 1.52 bits per heavy atom. The molecular weight excluding hydrogens is 657 g/mol. The maximum atomic E-state index is 16.3. The van der Waals surface area contributed by atoms with E-state index in [9.17, 15) is 9.59 Å². The highest BCUT2D eigenvalue weighted by atomic mass is 19.1. The standard InChI is InChI=1S/C44H40FNO6/c1-5-43(47)51-25-23-49-39-11-7-9-33(27-39)41(34-10-8-12-40(28-34)50-24-26-52-44(48)6-2)29-35-17-22-38(30-42(35)45)46(36-18-13-31(3)14-19-36)37-20-15-32(4)16-21-37/h5-22,27-30H,1-2,23-26H2,3-4H3. The van der Waals surface area contributed by atoms with Crippen molar-refractivity contribution < 1.29 is 32.9 Å². The number of hydrogen-bond donors (Lipinski definition) is 0. The third kappa shape index (κ3) is 10.1. The van der Waals surface area contributed by atoms with Crippen LogP contribution in [0, 0.1) is 19.7 Å². The minimum Gasteiger partial charge on any atom is -0.490 e. The number of anilines is 3. The fourth-order valence-electron chi connectivity index (χ4n) is 5.32. The number of carbonyl (C=O) groups excluding carboxylic acids is 2. The molecule has 0 spiro atoms. The lowest BCUT2D eigenvalue weighted by Crippen LogP contribution is -2.10. The lowest BCUT2D eigenvalue weighted by molar-refractivity contribution is -0.139. The van der Waals surface area contributed by atoms with E-state index in [0.717, 1.165) is 45.8 Å². The van der Waals surface area contributed by atoms with Crippen LogP contribution in [0.3, 0.4) is 0 Å². The fraction of sp³-hybridized carbons (Fsp3) is 0.136. The average molecular weight is 698 g/mol. The molecule has 0 unspecified atom stereocenters. The molecule has 0 fully saturated rings. The second-order valence-electron chi connectivity index (χ2n) is 11.8. The molecule has 0 radical (unpaired) electrons. The van der Waals surface area contributed by atoms with Gasteiger partial charge in [-0.3, -0.25) is 0 Å². The van der Waals surface area contributed by atoms with Crippen molar-refractivity contribution in [2.75, 3.05) is 31.3 Å². The molecule has 5 aromatic carbocycles. The summed E-state index contributed by atoms with van der Waals surface area (Å²) in [6.45, 7) is 11.2. The first-order valence-electron chi connectivity index (χ1n) is 16.7. The Morgan fingerprint density at radius 2 is 1.08 bits per heavy atom. The van der Waals surface area contributed by atoms with Gasteiger partial charge in [-0.25, -0.2) is 14.0 Å². The number of benzene rings is 5. The Kier molecular flexibility index (Phi) is 12.8. The highest BCUT2D eigenvalue weighted by Gasteiger charge is 2.16. The molecule has 0 saturated heterocycles. The topological polar surface area (TPSA) is 74.3 Å². The molecule has 0 bridgehead atoms. The van der Waals surface area contributed by atoms with Crippen molar-refractivity contribution in [2.24, 2.45) is 0 Å². The molecule has 5 rings (SSSR count). The summed E-state index contributed by atoms with van der Waals surface area (Å²) in [6, 6.07) is 36.2. The molecule has 7 nitrogen and oxygen atoms in total. The van der Waals surface area contributed by atoms with Crippen LogP contribution in [0.15, 0.2) is 141 Å². The van der Waals surface area contributed by atoms with Gasteiger partial charge in [0.05, 0.1) is 0 Å². The summed E-state index contributed by atoms with van der Waals surface area (Å²) >= 11 is 0.